The Kier molecular flexibility index (Phi) is 6.47. The van der Waals surface area contributed by atoms with E-state index in [4.69, 9.17) is 11.6 Å². The summed E-state index contributed by atoms with van der Waals surface area (Å²) in [6.45, 7) is 2.53. The zero-order valence-corrected chi connectivity index (χ0v) is 18.5. The predicted octanol–water partition coefficient (Wildman–Crippen LogP) is 4.75. The van der Waals surface area contributed by atoms with E-state index in [1.54, 1.807) is 6.21 Å². The van der Waals surface area contributed by atoms with Crippen molar-refractivity contribution in [2.24, 2.45) is 5.10 Å². The zero-order valence-electron chi connectivity index (χ0n) is 16.1. The smallest absolute Gasteiger partial charge is 0.250 e. The van der Waals surface area contributed by atoms with E-state index >= 15 is 0 Å². The predicted molar refractivity (Wildman–Crippen MR) is 124 cm³/mol. The van der Waals surface area contributed by atoms with Gasteiger partial charge in [-0.3, -0.25) is 4.79 Å². The van der Waals surface area contributed by atoms with Gasteiger partial charge in [-0.15, -0.1) is 10.2 Å². The van der Waals surface area contributed by atoms with Gasteiger partial charge in [-0.25, -0.2) is 5.43 Å². The molecule has 1 N–H and O–H groups in total. The van der Waals surface area contributed by atoms with Crippen LogP contribution in [0.25, 0.3) is 10.9 Å². The van der Waals surface area contributed by atoms with Crippen LogP contribution in [0.5, 0.6) is 0 Å². The van der Waals surface area contributed by atoms with Crippen LogP contribution in [0, 0.1) is 6.92 Å². The first-order valence-corrected chi connectivity index (χ1v) is 11.3. The average Bonchev–Trinajstić information content (AvgIpc) is 3.32. The quantitative estimate of drug-likeness (QED) is 0.248. The van der Waals surface area contributed by atoms with Gasteiger partial charge in [0.15, 0.2) is 4.34 Å². The van der Waals surface area contributed by atoms with E-state index < -0.39 is 0 Å². The Balaban J connectivity index is 1.46. The van der Waals surface area contributed by atoms with Crippen molar-refractivity contribution in [2.75, 3.05) is 5.75 Å². The maximum Gasteiger partial charge on any atom is 0.250 e. The number of carbonyl (C=O) groups is 1. The van der Waals surface area contributed by atoms with Crippen LogP contribution in [-0.4, -0.2) is 32.6 Å². The lowest BCUT2D eigenvalue weighted by molar-refractivity contribution is -0.118. The van der Waals surface area contributed by atoms with E-state index in [1.165, 1.54) is 23.1 Å². The Morgan fingerprint density at radius 3 is 2.83 bits per heavy atom. The third-order valence-electron chi connectivity index (χ3n) is 4.35. The van der Waals surface area contributed by atoms with Crippen LogP contribution >= 0.6 is 34.7 Å². The molecule has 4 rings (SSSR count). The van der Waals surface area contributed by atoms with Crippen LogP contribution in [0.4, 0.5) is 0 Å². The molecule has 6 nitrogen and oxygen atoms in total. The summed E-state index contributed by atoms with van der Waals surface area (Å²) in [4.78, 5) is 12.1. The van der Waals surface area contributed by atoms with Crippen molar-refractivity contribution >= 4 is 57.7 Å². The molecule has 30 heavy (non-hydrogen) atoms. The van der Waals surface area contributed by atoms with E-state index in [0.29, 0.717) is 6.54 Å². The highest BCUT2D eigenvalue weighted by atomic mass is 35.5. The van der Waals surface area contributed by atoms with Gasteiger partial charge in [-0.2, -0.15) is 5.10 Å². The molecule has 0 unspecified atom stereocenters. The molecule has 0 saturated carbocycles. The van der Waals surface area contributed by atoms with Crippen LogP contribution in [-0.2, 0) is 11.3 Å². The van der Waals surface area contributed by atoms with E-state index in [2.05, 4.69) is 31.4 Å². The van der Waals surface area contributed by atoms with Crippen molar-refractivity contribution in [1.29, 1.82) is 0 Å². The molecule has 9 heteroatoms. The molecule has 0 saturated heterocycles. The van der Waals surface area contributed by atoms with Gasteiger partial charge in [0.25, 0.3) is 5.91 Å². The third kappa shape index (κ3) is 4.89. The summed E-state index contributed by atoms with van der Waals surface area (Å²) in [6, 6.07) is 15.9. The van der Waals surface area contributed by atoms with Gasteiger partial charge < -0.3 is 4.57 Å². The third-order valence-corrected chi connectivity index (χ3v) is 6.69. The first-order valence-electron chi connectivity index (χ1n) is 9.16. The Bertz CT molecular complexity index is 1220. The minimum atomic E-state index is -0.191. The SMILES string of the molecule is Cc1nnc(SCC(=O)N/N=C\c2cn(Cc3ccccc3Cl)c3ccccc23)s1. The van der Waals surface area contributed by atoms with Crippen molar-refractivity contribution in [1.82, 2.24) is 20.2 Å². The van der Waals surface area contributed by atoms with Gasteiger partial charge >= 0.3 is 0 Å². The second kappa shape index (κ2) is 9.42. The molecule has 2 aromatic heterocycles. The molecular formula is C21H18ClN5OS2. The number of fused-ring (bicyclic) bond motifs is 1. The molecule has 0 atom stereocenters. The van der Waals surface area contributed by atoms with Crippen LogP contribution in [0.1, 0.15) is 16.1 Å². The monoisotopic (exact) mass is 455 g/mol. The minimum Gasteiger partial charge on any atom is -0.342 e. The standard InChI is InChI=1S/C21H18ClN5OS2/c1-14-24-26-21(30-14)29-13-20(28)25-23-10-16-12-27(19-9-5-3-7-17(16)19)11-15-6-2-4-8-18(15)22/h2-10,12H,11,13H2,1H3,(H,25,28)/b23-10-. The number of halogens is 1. The molecule has 0 bridgehead atoms. The number of thioether (sulfide) groups is 1. The molecule has 2 heterocycles. The highest BCUT2D eigenvalue weighted by molar-refractivity contribution is 8.01. The number of hydrazone groups is 1. The van der Waals surface area contributed by atoms with E-state index in [1.807, 2.05) is 55.6 Å². The van der Waals surface area contributed by atoms with Gasteiger partial charge in [0.05, 0.1) is 12.0 Å². The van der Waals surface area contributed by atoms with Crippen molar-refractivity contribution in [3.63, 3.8) is 0 Å². The maximum atomic E-state index is 12.1. The molecule has 0 aliphatic heterocycles. The fraction of sp³-hybridized carbons (Fsp3) is 0.143. The van der Waals surface area contributed by atoms with Gasteiger partial charge in [-0.1, -0.05) is 71.1 Å². The molecule has 2 aromatic carbocycles. The number of benzene rings is 2. The maximum absolute atomic E-state index is 12.1. The number of aromatic nitrogens is 3. The fourth-order valence-electron chi connectivity index (χ4n) is 2.99. The Labute approximate surface area is 187 Å². The van der Waals surface area contributed by atoms with Crippen LogP contribution < -0.4 is 5.43 Å². The normalized spacial score (nSPS) is 11.4. The lowest BCUT2D eigenvalue weighted by atomic mass is 10.2. The number of aryl methyl sites for hydroxylation is 1. The number of para-hydroxylation sites is 1. The topological polar surface area (TPSA) is 72.2 Å². The summed E-state index contributed by atoms with van der Waals surface area (Å²) in [5.74, 6) is 0.0455. The number of rotatable bonds is 7. The first kappa shape index (κ1) is 20.6. The second-order valence-electron chi connectivity index (χ2n) is 6.49. The van der Waals surface area contributed by atoms with E-state index in [-0.39, 0.29) is 11.7 Å². The van der Waals surface area contributed by atoms with Gasteiger partial charge in [0.1, 0.15) is 5.01 Å². The summed E-state index contributed by atoms with van der Waals surface area (Å²) in [5.41, 5.74) is 5.62. The molecule has 4 aromatic rings. The summed E-state index contributed by atoms with van der Waals surface area (Å²) in [6.07, 6.45) is 3.69. The van der Waals surface area contributed by atoms with Crippen molar-refractivity contribution in [2.45, 2.75) is 17.8 Å². The minimum absolute atomic E-state index is 0.191. The largest absolute Gasteiger partial charge is 0.342 e. The summed E-state index contributed by atoms with van der Waals surface area (Å²) >= 11 is 9.14. The van der Waals surface area contributed by atoms with Crippen molar-refractivity contribution in [3.8, 4) is 0 Å². The van der Waals surface area contributed by atoms with E-state index in [9.17, 15) is 4.79 Å². The van der Waals surface area contributed by atoms with Gasteiger partial charge in [-0.05, 0) is 24.6 Å². The average molecular weight is 456 g/mol. The summed E-state index contributed by atoms with van der Waals surface area (Å²) in [5, 5.41) is 14.7. The molecule has 0 aliphatic rings. The molecule has 1 amide bonds. The highest BCUT2D eigenvalue weighted by Gasteiger charge is 2.09. The molecule has 152 valence electrons. The number of amides is 1. The fourth-order valence-corrected chi connectivity index (χ4v) is 4.79. The van der Waals surface area contributed by atoms with Gasteiger partial charge in [0.2, 0.25) is 0 Å². The van der Waals surface area contributed by atoms with Crippen LogP contribution in [0.2, 0.25) is 5.02 Å². The highest BCUT2D eigenvalue weighted by Crippen LogP contribution is 2.24. The molecule has 0 radical (unpaired) electrons. The van der Waals surface area contributed by atoms with Crippen LogP contribution in [0.15, 0.2) is 64.2 Å². The van der Waals surface area contributed by atoms with E-state index in [0.717, 1.165) is 36.4 Å². The molecule has 0 spiro atoms. The van der Waals surface area contributed by atoms with Crippen molar-refractivity contribution < 1.29 is 4.79 Å². The number of nitrogens with one attached hydrogen (secondary N) is 1. The zero-order chi connectivity index (χ0) is 20.9. The summed E-state index contributed by atoms with van der Waals surface area (Å²) < 4.78 is 2.90. The number of hydrogen-bond donors (Lipinski definition) is 1. The Hall–Kier alpha value is -2.68. The van der Waals surface area contributed by atoms with Gasteiger partial charge in [0, 0.05) is 34.2 Å². The second-order valence-corrected chi connectivity index (χ2v) is 9.30. The molecule has 0 fully saturated rings. The number of carbonyl (C=O) groups excluding carboxylic acids is 1. The Morgan fingerprint density at radius 2 is 2.03 bits per heavy atom. The lowest BCUT2D eigenvalue weighted by Gasteiger charge is -2.07. The lowest BCUT2D eigenvalue weighted by Crippen LogP contribution is -2.19. The van der Waals surface area contributed by atoms with Crippen LogP contribution in [0.3, 0.4) is 0 Å². The summed E-state index contributed by atoms with van der Waals surface area (Å²) in [7, 11) is 0. The first-order chi connectivity index (χ1) is 14.6. The number of nitrogens with zero attached hydrogens (tertiary/aromatic N) is 4. The molecule has 0 aliphatic carbocycles. The molecular weight excluding hydrogens is 438 g/mol. The number of hydrogen-bond acceptors (Lipinski definition) is 6. The Morgan fingerprint density at radius 1 is 1.23 bits per heavy atom. The van der Waals surface area contributed by atoms with Crippen molar-refractivity contribution in [3.05, 3.63) is 75.9 Å².